The first-order chi connectivity index (χ1) is 15.1. The molecule has 1 aliphatic heterocycles. The number of fused-ring (bicyclic) bond motifs is 2. The predicted molar refractivity (Wildman–Crippen MR) is 121 cm³/mol. The van der Waals surface area contributed by atoms with Gasteiger partial charge >= 0.3 is 0 Å². The summed E-state index contributed by atoms with van der Waals surface area (Å²) in [4.78, 5) is 4.76. The number of hydrogen-bond donors (Lipinski definition) is 4. The molecule has 0 bridgehead atoms. The number of aromatic nitrogens is 1. The third kappa shape index (κ3) is 3.93. The minimum absolute atomic E-state index is 0.0251. The molecule has 5 rings (SSSR count). The summed E-state index contributed by atoms with van der Waals surface area (Å²) >= 11 is 0. The highest BCUT2D eigenvalue weighted by molar-refractivity contribution is 5.80. The van der Waals surface area contributed by atoms with Crippen LogP contribution in [0.2, 0.25) is 0 Å². The van der Waals surface area contributed by atoms with Crippen molar-refractivity contribution < 1.29 is 14.9 Å². The van der Waals surface area contributed by atoms with E-state index in [4.69, 9.17) is 15.5 Å². The van der Waals surface area contributed by atoms with Crippen LogP contribution < -0.4 is 11.1 Å². The zero-order chi connectivity index (χ0) is 21.4. The summed E-state index contributed by atoms with van der Waals surface area (Å²) in [5.41, 5.74) is 8.64. The largest absolute Gasteiger partial charge is 0.504 e. The van der Waals surface area contributed by atoms with Gasteiger partial charge in [-0.15, -0.1) is 0 Å². The van der Waals surface area contributed by atoms with Gasteiger partial charge in [-0.25, -0.2) is 4.98 Å². The molecule has 0 radical (unpaired) electrons. The molecule has 0 saturated heterocycles. The smallest absolute Gasteiger partial charge is 0.161 e. The Balaban J connectivity index is 1.32. The van der Waals surface area contributed by atoms with E-state index in [-0.39, 0.29) is 23.7 Å². The van der Waals surface area contributed by atoms with Crippen LogP contribution in [0, 0.1) is 5.92 Å². The van der Waals surface area contributed by atoms with Crippen LogP contribution in [-0.4, -0.2) is 33.9 Å². The van der Waals surface area contributed by atoms with Crippen LogP contribution in [0.5, 0.6) is 11.5 Å². The molecule has 3 aromatic rings. The molecule has 162 valence electrons. The first-order valence-corrected chi connectivity index (χ1v) is 11.1. The van der Waals surface area contributed by atoms with Crippen LogP contribution in [-0.2, 0) is 11.2 Å². The summed E-state index contributed by atoms with van der Waals surface area (Å²) in [5.74, 6) is 1.15. The zero-order valence-corrected chi connectivity index (χ0v) is 17.5. The SMILES string of the molecule is NCC1OC(C2CCCC(Nc3ccc4ccccc4n3)C2)Cc2c1ccc(O)c2O. The fourth-order valence-corrected chi connectivity index (χ4v) is 5.20. The van der Waals surface area contributed by atoms with Gasteiger partial charge in [0.1, 0.15) is 5.82 Å². The number of hydrogen-bond acceptors (Lipinski definition) is 6. The van der Waals surface area contributed by atoms with E-state index in [9.17, 15) is 10.2 Å². The maximum Gasteiger partial charge on any atom is 0.161 e. The third-order valence-electron chi connectivity index (χ3n) is 6.79. The molecule has 5 N–H and O–H groups in total. The Bertz CT molecular complexity index is 1090. The van der Waals surface area contributed by atoms with Crippen molar-refractivity contribution in [1.82, 2.24) is 4.98 Å². The minimum atomic E-state index is -0.254. The van der Waals surface area contributed by atoms with E-state index in [1.165, 1.54) is 6.07 Å². The quantitative estimate of drug-likeness (QED) is 0.472. The topological polar surface area (TPSA) is 101 Å². The van der Waals surface area contributed by atoms with Crippen LogP contribution in [0.4, 0.5) is 5.82 Å². The molecule has 2 heterocycles. The Kier molecular flexibility index (Phi) is 5.42. The molecular formula is C25H29N3O3. The summed E-state index contributed by atoms with van der Waals surface area (Å²) in [5, 5.41) is 25.2. The molecule has 0 spiro atoms. The van der Waals surface area contributed by atoms with Gasteiger partial charge in [-0.3, -0.25) is 0 Å². The lowest BCUT2D eigenvalue weighted by Crippen LogP contribution is -2.39. The number of benzene rings is 2. The van der Waals surface area contributed by atoms with E-state index < -0.39 is 0 Å². The highest BCUT2D eigenvalue weighted by Gasteiger charge is 2.36. The van der Waals surface area contributed by atoms with Crippen molar-refractivity contribution >= 4 is 16.7 Å². The van der Waals surface area contributed by atoms with E-state index in [1.54, 1.807) is 0 Å². The number of para-hydroxylation sites is 1. The molecule has 1 aromatic heterocycles. The molecular weight excluding hydrogens is 390 g/mol. The average molecular weight is 420 g/mol. The minimum Gasteiger partial charge on any atom is -0.504 e. The molecule has 2 aliphatic rings. The van der Waals surface area contributed by atoms with Crippen molar-refractivity contribution in [3.8, 4) is 11.5 Å². The number of ether oxygens (including phenoxy) is 1. The van der Waals surface area contributed by atoms with Crippen molar-refractivity contribution in [2.45, 2.75) is 50.4 Å². The fourth-order valence-electron chi connectivity index (χ4n) is 5.20. The number of phenolic OH excluding ortho intramolecular Hbond substituents is 2. The third-order valence-corrected chi connectivity index (χ3v) is 6.79. The van der Waals surface area contributed by atoms with Crippen LogP contribution in [0.3, 0.4) is 0 Å². The van der Waals surface area contributed by atoms with Crippen molar-refractivity contribution in [1.29, 1.82) is 0 Å². The summed E-state index contributed by atoms with van der Waals surface area (Å²) in [7, 11) is 0. The zero-order valence-electron chi connectivity index (χ0n) is 17.5. The number of nitrogens with zero attached hydrogens (tertiary/aromatic N) is 1. The molecule has 4 unspecified atom stereocenters. The van der Waals surface area contributed by atoms with Gasteiger partial charge in [-0.1, -0.05) is 30.7 Å². The van der Waals surface area contributed by atoms with E-state index in [1.807, 2.05) is 30.3 Å². The van der Waals surface area contributed by atoms with Gasteiger partial charge in [0.25, 0.3) is 0 Å². The van der Waals surface area contributed by atoms with Crippen LogP contribution in [0.1, 0.15) is 42.9 Å². The number of nitrogens with two attached hydrogens (primary N) is 1. The lowest BCUT2D eigenvalue weighted by Gasteiger charge is -2.40. The molecule has 1 aliphatic carbocycles. The molecule has 1 saturated carbocycles. The second kappa shape index (κ2) is 8.36. The number of nitrogens with one attached hydrogen (secondary N) is 1. The first kappa shape index (κ1) is 20.1. The van der Waals surface area contributed by atoms with Gasteiger partial charge in [0, 0.05) is 30.0 Å². The van der Waals surface area contributed by atoms with Gasteiger partial charge < -0.3 is 26.0 Å². The van der Waals surface area contributed by atoms with E-state index in [0.29, 0.717) is 24.9 Å². The van der Waals surface area contributed by atoms with Crippen molar-refractivity contribution in [2.24, 2.45) is 11.7 Å². The second-order valence-electron chi connectivity index (χ2n) is 8.76. The number of aromatic hydroxyl groups is 2. The molecule has 6 nitrogen and oxygen atoms in total. The molecule has 4 atom stereocenters. The van der Waals surface area contributed by atoms with Crippen molar-refractivity contribution in [2.75, 3.05) is 11.9 Å². The molecule has 1 fully saturated rings. The summed E-state index contributed by atoms with van der Waals surface area (Å²) in [6.45, 7) is 0.350. The monoisotopic (exact) mass is 419 g/mol. The van der Waals surface area contributed by atoms with Crippen LogP contribution in [0.15, 0.2) is 48.5 Å². The van der Waals surface area contributed by atoms with Gasteiger partial charge in [0.15, 0.2) is 11.5 Å². The van der Waals surface area contributed by atoms with Crippen molar-refractivity contribution in [3.63, 3.8) is 0 Å². The van der Waals surface area contributed by atoms with E-state index in [2.05, 4.69) is 17.4 Å². The lowest BCUT2D eigenvalue weighted by atomic mass is 9.78. The van der Waals surface area contributed by atoms with Gasteiger partial charge in [0.2, 0.25) is 0 Å². The van der Waals surface area contributed by atoms with Crippen LogP contribution >= 0.6 is 0 Å². The summed E-state index contributed by atoms with van der Waals surface area (Å²) in [6, 6.07) is 15.9. The van der Waals surface area contributed by atoms with Crippen molar-refractivity contribution in [3.05, 3.63) is 59.7 Å². The van der Waals surface area contributed by atoms with Crippen LogP contribution in [0.25, 0.3) is 10.9 Å². The fraction of sp³-hybridized carbons (Fsp3) is 0.400. The molecule has 2 aromatic carbocycles. The lowest BCUT2D eigenvalue weighted by molar-refractivity contribution is -0.0604. The number of phenols is 2. The van der Waals surface area contributed by atoms with E-state index >= 15 is 0 Å². The molecule has 0 amide bonds. The summed E-state index contributed by atoms with van der Waals surface area (Å²) in [6.07, 6.45) is 4.59. The van der Waals surface area contributed by atoms with Gasteiger partial charge in [-0.05, 0) is 55.0 Å². The summed E-state index contributed by atoms with van der Waals surface area (Å²) < 4.78 is 6.39. The number of anilines is 1. The number of rotatable bonds is 4. The van der Waals surface area contributed by atoms with E-state index in [0.717, 1.165) is 53.5 Å². The highest BCUT2D eigenvalue weighted by Crippen LogP contribution is 2.43. The number of pyridine rings is 1. The average Bonchev–Trinajstić information content (AvgIpc) is 2.81. The van der Waals surface area contributed by atoms with Gasteiger partial charge in [-0.2, -0.15) is 0 Å². The normalized spacial score (nSPS) is 25.8. The Hall–Kier alpha value is -2.83. The predicted octanol–water partition coefficient (Wildman–Crippen LogP) is 4.26. The Morgan fingerprint density at radius 2 is 1.94 bits per heavy atom. The Morgan fingerprint density at radius 3 is 2.81 bits per heavy atom. The Morgan fingerprint density at radius 1 is 1.06 bits per heavy atom. The maximum atomic E-state index is 10.4. The van der Waals surface area contributed by atoms with Gasteiger partial charge in [0.05, 0.1) is 17.7 Å². The molecule has 6 heteroatoms. The highest BCUT2D eigenvalue weighted by atomic mass is 16.5. The maximum absolute atomic E-state index is 10.4. The second-order valence-corrected chi connectivity index (χ2v) is 8.76. The molecule has 31 heavy (non-hydrogen) atoms. The Labute approximate surface area is 182 Å². The first-order valence-electron chi connectivity index (χ1n) is 11.1. The standard InChI is InChI=1S/C25H29N3O3/c26-14-23-18-9-10-21(29)25(30)19(18)13-22(31-23)16-5-3-6-17(12-16)27-24-11-8-15-4-1-2-7-20(15)28-24/h1-2,4,7-11,16-17,22-23,29-30H,3,5-6,12-14,26H2,(H,27,28).